The SMILES string of the molecule is COCCCN1C(=O)C(c2ccc(C)cc2C)=C(N2CCN(CCO)CC2)C1=O. The zero-order valence-electron chi connectivity index (χ0n) is 17.6. The number of benzene rings is 1. The lowest BCUT2D eigenvalue weighted by Crippen LogP contribution is -2.48. The second-order valence-corrected chi connectivity index (χ2v) is 7.70. The van der Waals surface area contributed by atoms with Crippen molar-refractivity contribution in [1.82, 2.24) is 14.7 Å². The van der Waals surface area contributed by atoms with Crippen molar-refractivity contribution in [3.8, 4) is 0 Å². The molecule has 158 valence electrons. The third-order valence-corrected chi connectivity index (χ3v) is 5.63. The van der Waals surface area contributed by atoms with Crippen LogP contribution < -0.4 is 0 Å². The summed E-state index contributed by atoms with van der Waals surface area (Å²) < 4.78 is 5.09. The predicted octanol–water partition coefficient (Wildman–Crippen LogP) is 1.03. The number of aryl methyl sites for hydroxylation is 2. The van der Waals surface area contributed by atoms with Crippen molar-refractivity contribution in [3.05, 3.63) is 40.6 Å². The molecule has 1 aromatic rings. The molecule has 0 spiro atoms. The number of amides is 2. The number of hydrogen-bond acceptors (Lipinski definition) is 6. The molecule has 29 heavy (non-hydrogen) atoms. The standard InChI is InChI=1S/C22H31N3O4/c1-16-5-6-18(17(2)15-16)19-20(24-10-8-23(9-11-24)12-13-26)22(28)25(21(19)27)7-4-14-29-3/h5-6,15,26H,4,7-14H2,1-3H3. The summed E-state index contributed by atoms with van der Waals surface area (Å²) in [5.74, 6) is -0.428. The van der Waals surface area contributed by atoms with Gasteiger partial charge in [-0.25, -0.2) is 0 Å². The maximum absolute atomic E-state index is 13.3. The van der Waals surface area contributed by atoms with Gasteiger partial charge >= 0.3 is 0 Å². The van der Waals surface area contributed by atoms with Crippen molar-refractivity contribution in [2.24, 2.45) is 0 Å². The van der Waals surface area contributed by atoms with E-state index in [1.165, 1.54) is 4.90 Å². The topological polar surface area (TPSA) is 73.3 Å². The Morgan fingerprint density at radius 2 is 1.76 bits per heavy atom. The van der Waals surface area contributed by atoms with Crippen LogP contribution in [0.5, 0.6) is 0 Å². The van der Waals surface area contributed by atoms with E-state index >= 15 is 0 Å². The third kappa shape index (κ3) is 4.52. The van der Waals surface area contributed by atoms with Crippen LogP contribution in [0, 0.1) is 13.8 Å². The molecule has 7 nitrogen and oxygen atoms in total. The van der Waals surface area contributed by atoms with Crippen LogP contribution in [0.3, 0.4) is 0 Å². The Balaban J connectivity index is 1.94. The van der Waals surface area contributed by atoms with E-state index in [-0.39, 0.29) is 18.4 Å². The second-order valence-electron chi connectivity index (χ2n) is 7.70. The van der Waals surface area contributed by atoms with Crippen molar-refractivity contribution in [2.45, 2.75) is 20.3 Å². The Kier molecular flexibility index (Phi) is 7.05. The molecule has 0 aromatic heterocycles. The number of carbonyl (C=O) groups is 2. The number of piperazine rings is 1. The van der Waals surface area contributed by atoms with Gasteiger partial charge in [0.2, 0.25) is 0 Å². The lowest BCUT2D eigenvalue weighted by Gasteiger charge is -2.36. The van der Waals surface area contributed by atoms with Crippen molar-refractivity contribution in [3.63, 3.8) is 0 Å². The molecule has 0 saturated carbocycles. The van der Waals surface area contributed by atoms with E-state index in [2.05, 4.69) is 4.90 Å². The molecule has 1 saturated heterocycles. The Bertz CT molecular complexity index is 797. The minimum Gasteiger partial charge on any atom is -0.395 e. The van der Waals surface area contributed by atoms with Gasteiger partial charge in [-0.3, -0.25) is 19.4 Å². The van der Waals surface area contributed by atoms with Crippen LogP contribution >= 0.6 is 0 Å². The molecule has 1 aromatic carbocycles. The van der Waals surface area contributed by atoms with E-state index < -0.39 is 0 Å². The first-order valence-electron chi connectivity index (χ1n) is 10.2. The molecule has 0 radical (unpaired) electrons. The first kappa shape index (κ1) is 21.5. The van der Waals surface area contributed by atoms with Gasteiger partial charge in [0, 0.05) is 53.0 Å². The molecule has 1 fully saturated rings. The number of methoxy groups -OCH3 is 1. The fourth-order valence-electron chi connectivity index (χ4n) is 4.10. The molecule has 1 N–H and O–H groups in total. The number of aliphatic hydroxyl groups is 1. The molecule has 2 aliphatic rings. The summed E-state index contributed by atoms with van der Waals surface area (Å²) in [7, 11) is 1.62. The van der Waals surface area contributed by atoms with E-state index in [0.29, 0.717) is 50.5 Å². The average molecular weight is 402 g/mol. The molecule has 0 bridgehead atoms. The van der Waals surface area contributed by atoms with Gasteiger partial charge in [-0.05, 0) is 31.4 Å². The van der Waals surface area contributed by atoms with E-state index in [1.807, 2.05) is 36.9 Å². The van der Waals surface area contributed by atoms with Gasteiger partial charge in [-0.15, -0.1) is 0 Å². The molecule has 7 heteroatoms. The number of carbonyl (C=O) groups excluding carboxylic acids is 2. The molecular formula is C22H31N3O4. The summed E-state index contributed by atoms with van der Waals surface area (Å²) in [6, 6.07) is 5.98. The summed E-state index contributed by atoms with van der Waals surface area (Å²) in [6.45, 7) is 8.46. The first-order valence-corrected chi connectivity index (χ1v) is 10.2. The Hall–Kier alpha value is -2.22. The number of rotatable bonds is 8. The highest BCUT2D eigenvalue weighted by Gasteiger charge is 2.42. The fraction of sp³-hybridized carbons (Fsp3) is 0.545. The van der Waals surface area contributed by atoms with Crippen LogP contribution in [0.4, 0.5) is 0 Å². The fourth-order valence-corrected chi connectivity index (χ4v) is 4.10. The van der Waals surface area contributed by atoms with Crippen LogP contribution in [-0.4, -0.2) is 91.2 Å². The van der Waals surface area contributed by atoms with Gasteiger partial charge in [0.15, 0.2) is 0 Å². The number of imide groups is 1. The number of aliphatic hydroxyl groups excluding tert-OH is 1. The highest BCUT2D eigenvalue weighted by molar-refractivity contribution is 6.35. The number of nitrogens with zero attached hydrogens (tertiary/aromatic N) is 3. The maximum atomic E-state index is 13.3. The van der Waals surface area contributed by atoms with Crippen molar-refractivity contribution >= 4 is 17.4 Å². The van der Waals surface area contributed by atoms with E-state index in [1.54, 1.807) is 7.11 Å². The normalized spacial score (nSPS) is 18.3. The summed E-state index contributed by atoms with van der Waals surface area (Å²) in [6.07, 6.45) is 0.617. The van der Waals surface area contributed by atoms with E-state index in [4.69, 9.17) is 4.74 Å². The molecule has 3 rings (SSSR count). The summed E-state index contributed by atoms with van der Waals surface area (Å²) in [5, 5.41) is 9.17. The monoisotopic (exact) mass is 401 g/mol. The molecule has 0 aliphatic carbocycles. The predicted molar refractivity (Wildman–Crippen MR) is 111 cm³/mol. The minimum atomic E-state index is -0.217. The van der Waals surface area contributed by atoms with Gasteiger partial charge in [0.25, 0.3) is 11.8 Å². The first-order chi connectivity index (χ1) is 14.0. The smallest absolute Gasteiger partial charge is 0.277 e. The van der Waals surface area contributed by atoms with Crippen LogP contribution in [0.15, 0.2) is 23.9 Å². The quantitative estimate of drug-likeness (QED) is 0.518. The lowest BCUT2D eigenvalue weighted by molar-refractivity contribution is -0.137. The number of β-amino-alcohol motifs (C(OH)–C–C–N with tert-alkyl or cyclic N) is 1. The van der Waals surface area contributed by atoms with Gasteiger partial charge in [-0.1, -0.05) is 23.8 Å². The molecule has 0 atom stereocenters. The Morgan fingerprint density at radius 1 is 1.03 bits per heavy atom. The Morgan fingerprint density at radius 3 is 2.38 bits per heavy atom. The molecule has 0 unspecified atom stereocenters. The second kappa shape index (κ2) is 9.52. The maximum Gasteiger partial charge on any atom is 0.277 e. The highest BCUT2D eigenvalue weighted by atomic mass is 16.5. The molecule has 2 heterocycles. The number of ether oxygens (including phenoxy) is 1. The average Bonchev–Trinajstić information content (AvgIpc) is 2.94. The van der Waals surface area contributed by atoms with Crippen molar-refractivity contribution in [1.29, 1.82) is 0 Å². The third-order valence-electron chi connectivity index (χ3n) is 5.63. The largest absolute Gasteiger partial charge is 0.395 e. The number of hydrogen-bond donors (Lipinski definition) is 1. The van der Waals surface area contributed by atoms with Crippen LogP contribution in [0.2, 0.25) is 0 Å². The van der Waals surface area contributed by atoms with E-state index in [9.17, 15) is 14.7 Å². The highest BCUT2D eigenvalue weighted by Crippen LogP contribution is 2.34. The zero-order chi connectivity index (χ0) is 21.0. The summed E-state index contributed by atoms with van der Waals surface area (Å²) in [5.41, 5.74) is 3.98. The summed E-state index contributed by atoms with van der Waals surface area (Å²) in [4.78, 5) is 32.2. The van der Waals surface area contributed by atoms with Gasteiger partial charge in [0.05, 0.1) is 12.2 Å². The van der Waals surface area contributed by atoms with Crippen molar-refractivity contribution in [2.75, 3.05) is 59.6 Å². The van der Waals surface area contributed by atoms with Crippen LogP contribution in [0.1, 0.15) is 23.1 Å². The Labute approximate surface area is 172 Å². The summed E-state index contributed by atoms with van der Waals surface area (Å²) >= 11 is 0. The van der Waals surface area contributed by atoms with E-state index in [0.717, 1.165) is 29.8 Å². The molecule has 2 amide bonds. The van der Waals surface area contributed by atoms with Crippen LogP contribution in [0.25, 0.3) is 5.57 Å². The van der Waals surface area contributed by atoms with Gasteiger partial charge < -0.3 is 14.7 Å². The van der Waals surface area contributed by atoms with Crippen molar-refractivity contribution < 1.29 is 19.4 Å². The molecule has 2 aliphatic heterocycles. The molecular weight excluding hydrogens is 370 g/mol. The van der Waals surface area contributed by atoms with Gasteiger partial charge in [0.1, 0.15) is 5.70 Å². The zero-order valence-corrected chi connectivity index (χ0v) is 17.6. The minimum absolute atomic E-state index is 0.126. The van der Waals surface area contributed by atoms with Gasteiger partial charge in [-0.2, -0.15) is 0 Å². The van der Waals surface area contributed by atoms with Crippen LogP contribution in [-0.2, 0) is 14.3 Å². The lowest BCUT2D eigenvalue weighted by atomic mass is 9.97.